The van der Waals surface area contributed by atoms with Crippen LogP contribution in [0.15, 0.2) is 34.9 Å². The molecule has 1 heterocycles. The monoisotopic (exact) mass is 249 g/mol. The van der Waals surface area contributed by atoms with E-state index in [1.807, 2.05) is 30.3 Å². The summed E-state index contributed by atoms with van der Waals surface area (Å²) in [6.45, 7) is 0. The minimum atomic E-state index is -0.174. The fraction of sp³-hybridized carbons (Fsp3) is 0.333. The third-order valence-electron chi connectivity index (χ3n) is 2.42. The smallest absolute Gasteiger partial charge is 0.243 e. The van der Waals surface area contributed by atoms with Gasteiger partial charge in [0.05, 0.1) is 6.04 Å². The standard InChI is InChI=1S/C12H15N3OS/c1-17-8-7-10(13)12-14-11(15-16-12)9-5-3-2-4-6-9/h2-6,10H,7-8,13H2,1H3/t10-/m1/s1. The molecule has 0 radical (unpaired) electrons. The Hall–Kier alpha value is -1.33. The van der Waals surface area contributed by atoms with E-state index in [1.54, 1.807) is 11.8 Å². The molecule has 17 heavy (non-hydrogen) atoms. The largest absolute Gasteiger partial charge is 0.337 e. The highest BCUT2D eigenvalue weighted by Gasteiger charge is 2.14. The molecule has 90 valence electrons. The van der Waals surface area contributed by atoms with Gasteiger partial charge < -0.3 is 10.3 Å². The number of thioether (sulfide) groups is 1. The fourth-order valence-electron chi connectivity index (χ4n) is 1.46. The van der Waals surface area contributed by atoms with E-state index >= 15 is 0 Å². The van der Waals surface area contributed by atoms with Gasteiger partial charge >= 0.3 is 0 Å². The Kier molecular flexibility index (Phi) is 4.17. The molecular formula is C12H15N3OS. The van der Waals surface area contributed by atoms with Crippen molar-refractivity contribution in [2.45, 2.75) is 12.5 Å². The SMILES string of the molecule is CSCC[C@@H](N)c1nc(-c2ccccc2)no1. The molecule has 0 saturated heterocycles. The Bertz CT molecular complexity index is 458. The van der Waals surface area contributed by atoms with Gasteiger partial charge in [0.15, 0.2) is 0 Å². The van der Waals surface area contributed by atoms with Crippen LogP contribution in [0.1, 0.15) is 18.4 Å². The molecule has 0 aliphatic rings. The zero-order chi connectivity index (χ0) is 12.1. The van der Waals surface area contributed by atoms with Crippen molar-refractivity contribution in [2.24, 2.45) is 5.73 Å². The van der Waals surface area contributed by atoms with Gasteiger partial charge in [-0.3, -0.25) is 0 Å². The number of nitrogens with two attached hydrogens (primary N) is 1. The average molecular weight is 249 g/mol. The molecule has 0 fully saturated rings. The van der Waals surface area contributed by atoms with Gasteiger partial charge in [0.2, 0.25) is 11.7 Å². The highest BCUT2D eigenvalue weighted by atomic mass is 32.2. The summed E-state index contributed by atoms with van der Waals surface area (Å²) in [6, 6.07) is 9.56. The van der Waals surface area contributed by atoms with Crippen LogP contribution >= 0.6 is 11.8 Å². The summed E-state index contributed by atoms with van der Waals surface area (Å²) >= 11 is 1.76. The molecule has 1 aromatic heterocycles. The van der Waals surface area contributed by atoms with Gasteiger partial charge in [-0.25, -0.2) is 0 Å². The first-order chi connectivity index (χ1) is 8.31. The molecule has 5 heteroatoms. The molecule has 0 aliphatic carbocycles. The number of hydrogen-bond donors (Lipinski definition) is 1. The highest BCUT2D eigenvalue weighted by molar-refractivity contribution is 7.98. The summed E-state index contributed by atoms with van der Waals surface area (Å²) in [5, 5.41) is 3.94. The van der Waals surface area contributed by atoms with E-state index in [0.29, 0.717) is 11.7 Å². The van der Waals surface area contributed by atoms with Gasteiger partial charge in [-0.05, 0) is 18.4 Å². The predicted molar refractivity (Wildman–Crippen MR) is 69.7 cm³/mol. The molecule has 0 saturated carbocycles. The van der Waals surface area contributed by atoms with Crippen molar-refractivity contribution in [3.05, 3.63) is 36.2 Å². The lowest BCUT2D eigenvalue weighted by Gasteiger charge is -2.03. The van der Waals surface area contributed by atoms with Crippen molar-refractivity contribution in [1.29, 1.82) is 0 Å². The second-order valence-corrected chi connectivity index (χ2v) is 4.70. The van der Waals surface area contributed by atoms with Crippen LogP contribution in [0.25, 0.3) is 11.4 Å². The van der Waals surface area contributed by atoms with Crippen molar-refractivity contribution in [2.75, 3.05) is 12.0 Å². The van der Waals surface area contributed by atoms with Crippen molar-refractivity contribution in [1.82, 2.24) is 10.1 Å². The zero-order valence-electron chi connectivity index (χ0n) is 9.67. The van der Waals surface area contributed by atoms with Crippen LogP contribution in [0.3, 0.4) is 0 Å². The first-order valence-corrected chi connectivity index (χ1v) is 6.84. The lowest BCUT2D eigenvalue weighted by atomic mass is 10.2. The van der Waals surface area contributed by atoms with Gasteiger partial charge in [0.1, 0.15) is 0 Å². The number of nitrogens with zero attached hydrogens (tertiary/aromatic N) is 2. The second-order valence-electron chi connectivity index (χ2n) is 3.71. The quantitative estimate of drug-likeness (QED) is 0.882. The van der Waals surface area contributed by atoms with Crippen LogP contribution in [0.2, 0.25) is 0 Å². The Morgan fingerprint density at radius 2 is 2.12 bits per heavy atom. The Balaban J connectivity index is 2.11. The molecule has 0 amide bonds. The zero-order valence-corrected chi connectivity index (χ0v) is 10.5. The lowest BCUT2D eigenvalue weighted by Crippen LogP contribution is -2.11. The molecule has 0 aliphatic heterocycles. The molecule has 2 aromatic rings. The van der Waals surface area contributed by atoms with Crippen molar-refractivity contribution in [3.63, 3.8) is 0 Å². The van der Waals surface area contributed by atoms with Crippen LogP contribution in [-0.2, 0) is 0 Å². The molecule has 2 rings (SSSR count). The minimum Gasteiger partial charge on any atom is -0.337 e. The topological polar surface area (TPSA) is 64.9 Å². The first kappa shape index (κ1) is 12.1. The number of benzene rings is 1. The summed E-state index contributed by atoms with van der Waals surface area (Å²) < 4.78 is 5.18. The van der Waals surface area contributed by atoms with Crippen LogP contribution in [-0.4, -0.2) is 22.1 Å². The van der Waals surface area contributed by atoms with E-state index in [0.717, 1.165) is 17.7 Å². The van der Waals surface area contributed by atoms with E-state index in [-0.39, 0.29) is 6.04 Å². The van der Waals surface area contributed by atoms with Gasteiger partial charge in [-0.15, -0.1) is 0 Å². The van der Waals surface area contributed by atoms with Gasteiger partial charge in [-0.1, -0.05) is 35.5 Å². The van der Waals surface area contributed by atoms with Gasteiger partial charge in [0.25, 0.3) is 0 Å². The average Bonchev–Trinajstić information content (AvgIpc) is 2.86. The minimum absolute atomic E-state index is 0.174. The van der Waals surface area contributed by atoms with E-state index in [2.05, 4.69) is 16.4 Å². The molecule has 2 N–H and O–H groups in total. The number of rotatable bonds is 5. The third kappa shape index (κ3) is 3.08. The van der Waals surface area contributed by atoms with Gasteiger partial charge in [-0.2, -0.15) is 16.7 Å². The fourth-order valence-corrected chi connectivity index (χ4v) is 1.95. The van der Waals surface area contributed by atoms with Gasteiger partial charge in [0, 0.05) is 5.56 Å². The predicted octanol–water partition coefficient (Wildman–Crippen LogP) is 2.49. The molecule has 0 bridgehead atoms. The van der Waals surface area contributed by atoms with Crippen molar-refractivity contribution < 1.29 is 4.52 Å². The van der Waals surface area contributed by atoms with Crippen molar-refractivity contribution in [3.8, 4) is 11.4 Å². The van der Waals surface area contributed by atoms with Crippen LogP contribution in [0.4, 0.5) is 0 Å². The normalized spacial score (nSPS) is 12.6. The Morgan fingerprint density at radius 3 is 2.82 bits per heavy atom. The lowest BCUT2D eigenvalue weighted by molar-refractivity contribution is 0.353. The Labute approximate surface area is 105 Å². The highest BCUT2D eigenvalue weighted by Crippen LogP contribution is 2.19. The summed E-state index contributed by atoms with van der Waals surface area (Å²) in [4.78, 5) is 4.32. The maximum atomic E-state index is 5.96. The maximum absolute atomic E-state index is 5.96. The van der Waals surface area contributed by atoms with E-state index < -0.39 is 0 Å². The molecule has 0 spiro atoms. The van der Waals surface area contributed by atoms with Crippen LogP contribution in [0.5, 0.6) is 0 Å². The molecular weight excluding hydrogens is 234 g/mol. The molecule has 4 nitrogen and oxygen atoms in total. The van der Waals surface area contributed by atoms with Crippen molar-refractivity contribution >= 4 is 11.8 Å². The Morgan fingerprint density at radius 1 is 1.35 bits per heavy atom. The third-order valence-corrected chi connectivity index (χ3v) is 3.07. The van der Waals surface area contributed by atoms with E-state index in [9.17, 15) is 0 Å². The molecule has 1 atom stereocenters. The molecule has 0 unspecified atom stereocenters. The number of aromatic nitrogens is 2. The molecule has 1 aromatic carbocycles. The summed E-state index contributed by atoms with van der Waals surface area (Å²) in [5.74, 6) is 2.10. The second kappa shape index (κ2) is 5.84. The number of hydrogen-bond acceptors (Lipinski definition) is 5. The maximum Gasteiger partial charge on any atom is 0.243 e. The van der Waals surface area contributed by atoms with E-state index in [4.69, 9.17) is 10.3 Å². The first-order valence-electron chi connectivity index (χ1n) is 5.45. The summed E-state index contributed by atoms with van der Waals surface area (Å²) in [5.41, 5.74) is 6.91. The van der Waals surface area contributed by atoms with E-state index in [1.165, 1.54) is 0 Å². The summed E-state index contributed by atoms with van der Waals surface area (Å²) in [6.07, 6.45) is 2.90. The van der Waals surface area contributed by atoms with Crippen LogP contribution < -0.4 is 5.73 Å². The van der Waals surface area contributed by atoms with Crippen LogP contribution in [0, 0.1) is 0 Å². The summed E-state index contributed by atoms with van der Waals surface area (Å²) in [7, 11) is 0.